The highest BCUT2D eigenvalue weighted by Crippen LogP contribution is 2.55. The molecular formula is C17H26O4. The number of carbonyl (C=O) groups excluding carboxylic acids is 1. The minimum atomic E-state index is -0.975. The van der Waals surface area contributed by atoms with Gasteiger partial charge in [0.05, 0.1) is 11.5 Å². The Morgan fingerprint density at radius 2 is 2.24 bits per heavy atom. The molecule has 0 spiro atoms. The number of carbonyl (C=O) groups is 1. The summed E-state index contributed by atoms with van der Waals surface area (Å²) in [7, 11) is 0. The van der Waals surface area contributed by atoms with E-state index in [4.69, 9.17) is 9.47 Å². The summed E-state index contributed by atoms with van der Waals surface area (Å²) < 4.78 is 11.7. The zero-order valence-electron chi connectivity index (χ0n) is 13.4. The Balaban J connectivity index is 2.04. The molecular weight excluding hydrogens is 268 g/mol. The molecule has 0 radical (unpaired) electrons. The lowest BCUT2D eigenvalue weighted by Crippen LogP contribution is -2.58. The van der Waals surface area contributed by atoms with E-state index in [9.17, 15) is 9.90 Å². The topological polar surface area (TPSA) is 55.8 Å². The molecule has 0 aromatic rings. The average molecular weight is 294 g/mol. The molecule has 2 fully saturated rings. The molecule has 3 rings (SSSR count). The van der Waals surface area contributed by atoms with Gasteiger partial charge in [-0.25, -0.2) is 0 Å². The Hall–Kier alpha value is -0.870. The van der Waals surface area contributed by atoms with Crippen LogP contribution in [0.3, 0.4) is 0 Å². The molecule has 2 aliphatic carbocycles. The Labute approximate surface area is 126 Å². The molecule has 1 N–H and O–H groups in total. The van der Waals surface area contributed by atoms with Crippen LogP contribution < -0.4 is 0 Å². The van der Waals surface area contributed by atoms with E-state index in [0.717, 1.165) is 18.4 Å². The fraction of sp³-hybridized carbons (Fsp3) is 0.824. The molecule has 1 saturated carbocycles. The first kappa shape index (κ1) is 15.0. The normalized spacial score (nSPS) is 49.2. The molecule has 4 heteroatoms. The van der Waals surface area contributed by atoms with Crippen LogP contribution in [0.2, 0.25) is 0 Å². The molecule has 0 bridgehead atoms. The molecule has 0 aromatic heterocycles. The van der Waals surface area contributed by atoms with Gasteiger partial charge in [0.25, 0.3) is 0 Å². The van der Waals surface area contributed by atoms with Crippen LogP contribution >= 0.6 is 0 Å². The van der Waals surface area contributed by atoms with Crippen molar-refractivity contribution in [1.29, 1.82) is 0 Å². The SMILES string of the molecule is CCO[C@@]1(C)CC[C@@H]2[C@H](OC(=O)[C@H]2C)[C@H]2C(C)=CC[C@]21O. The third kappa shape index (κ3) is 1.92. The molecule has 1 saturated heterocycles. The fourth-order valence-electron chi connectivity index (χ4n) is 4.71. The smallest absolute Gasteiger partial charge is 0.309 e. The van der Waals surface area contributed by atoms with Crippen molar-refractivity contribution in [3.05, 3.63) is 11.6 Å². The lowest BCUT2D eigenvalue weighted by Gasteiger charge is -2.46. The first-order chi connectivity index (χ1) is 9.84. The van der Waals surface area contributed by atoms with E-state index in [0.29, 0.717) is 13.0 Å². The van der Waals surface area contributed by atoms with Crippen molar-refractivity contribution >= 4 is 5.97 Å². The van der Waals surface area contributed by atoms with Crippen molar-refractivity contribution in [2.45, 2.75) is 64.3 Å². The highest BCUT2D eigenvalue weighted by atomic mass is 16.6. The third-order valence-electron chi connectivity index (χ3n) is 6.09. The second-order valence-corrected chi connectivity index (χ2v) is 7.11. The zero-order valence-corrected chi connectivity index (χ0v) is 13.4. The number of hydrogen-bond donors (Lipinski definition) is 1. The van der Waals surface area contributed by atoms with Crippen molar-refractivity contribution in [3.8, 4) is 0 Å². The molecule has 0 unspecified atom stereocenters. The maximum Gasteiger partial charge on any atom is 0.309 e. The van der Waals surface area contributed by atoms with Crippen molar-refractivity contribution in [2.24, 2.45) is 17.8 Å². The Kier molecular flexibility index (Phi) is 3.45. The summed E-state index contributed by atoms with van der Waals surface area (Å²) in [4.78, 5) is 12.0. The van der Waals surface area contributed by atoms with E-state index in [1.54, 1.807) is 0 Å². The second kappa shape index (κ2) is 4.82. The van der Waals surface area contributed by atoms with Gasteiger partial charge in [0.15, 0.2) is 0 Å². The van der Waals surface area contributed by atoms with Gasteiger partial charge in [0.1, 0.15) is 11.7 Å². The number of esters is 1. The van der Waals surface area contributed by atoms with E-state index in [-0.39, 0.29) is 29.8 Å². The van der Waals surface area contributed by atoms with Gasteiger partial charge in [-0.2, -0.15) is 0 Å². The first-order valence-corrected chi connectivity index (χ1v) is 8.07. The quantitative estimate of drug-likeness (QED) is 0.628. The van der Waals surface area contributed by atoms with E-state index >= 15 is 0 Å². The first-order valence-electron chi connectivity index (χ1n) is 8.07. The molecule has 0 aromatic carbocycles. The van der Waals surface area contributed by atoms with Crippen LogP contribution in [0.1, 0.15) is 47.0 Å². The van der Waals surface area contributed by atoms with E-state index in [1.807, 2.05) is 27.7 Å². The maximum atomic E-state index is 12.0. The average Bonchev–Trinajstić information content (AvgIpc) is 2.84. The van der Waals surface area contributed by atoms with Crippen LogP contribution in [0.4, 0.5) is 0 Å². The molecule has 21 heavy (non-hydrogen) atoms. The van der Waals surface area contributed by atoms with Crippen molar-refractivity contribution < 1.29 is 19.4 Å². The number of fused-ring (bicyclic) bond motifs is 3. The van der Waals surface area contributed by atoms with Gasteiger partial charge in [-0.05, 0) is 40.0 Å². The minimum Gasteiger partial charge on any atom is -0.461 e. The van der Waals surface area contributed by atoms with Gasteiger partial charge in [-0.3, -0.25) is 4.79 Å². The lowest BCUT2D eigenvalue weighted by molar-refractivity contribution is -0.197. The van der Waals surface area contributed by atoms with Gasteiger partial charge >= 0.3 is 5.97 Å². The monoisotopic (exact) mass is 294 g/mol. The van der Waals surface area contributed by atoms with E-state index < -0.39 is 11.2 Å². The van der Waals surface area contributed by atoms with E-state index in [1.165, 1.54) is 0 Å². The van der Waals surface area contributed by atoms with Gasteiger partial charge in [-0.1, -0.05) is 18.6 Å². The number of hydrogen-bond acceptors (Lipinski definition) is 4. The second-order valence-electron chi connectivity index (χ2n) is 7.11. The number of rotatable bonds is 2. The van der Waals surface area contributed by atoms with Crippen LogP contribution in [0, 0.1) is 17.8 Å². The van der Waals surface area contributed by atoms with Crippen molar-refractivity contribution in [2.75, 3.05) is 6.61 Å². The molecule has 4 nitrogen and oxygen atoms in total. The predicted octanol–water partition coefficient (Wildman–Crippen LogP) is 2.45. The van der Waals surface area contributed by atoms with Gasteiger partial charge < -0.3 is 14.6 Å². The Morgan fingerprint density at radius 1 is 1.52 bits per heavy atom. The van der Waals surface area contributed by atoms with Crippen LogP contribution in [0.15, 0.2) is 11.6 Å². The number of ether oxygens (including phenoxy) is 2. The fourth-order valence-corrected chi connectivity index (χ4v) is 4.71. The highest BCUT2D eigenvalue weighted by molar-refractivity contribution is 5.75. The zero-order chi connectivity index (χ0) is 15.4. The molecule has 1 aliphatic heterocycles. The number of aliphatic hydroxyl groups is 1. The molecule has 6 atom stereocenters. The summed E-state index contributed by atoms with van der Waals surface area (Å²) >= 11 is 0. The van der Waals surface area contributed by atoms with Crippen LogP contribution in [-0.2, 0) is 14.3 Å². The summed E-state index contributed by atoms with van der Waals surface area (Å²) in [5.41, 5.74) is -0.434. The maximum absolute atomic E-state index is 12.0. The largest absolute Gasteiger partial charge is 0.461 e. The highest BCUT2D eigenvalue weighted by Gasteiger charge is 2.63. The van der Waals surface area contributed by atoms with Gasteiger partial charge in [-0.15, -0.1) is 0 Å². The summed E-state index contributed by atoms with van der Waals surface area (Å²) in [5.74, 6) is -0.170. The van der Waals surface area contributed by atoms with Crippen LogP contribution in [-0.4, -0.2) is 35.0 Å². The van der Waals surface area contributed by atoms with Crippen molar-refractivity contribution in [3.63, 3.8) is 0 Å². The minimum absolute atomic E-state index is 0.0865. The standard InChI is InChI=1S/C17H26O4/c1-5-20-16(4)8-7-12-11(3)15(18)21-14(12)13-10(2)6-9-17(13,16)19/h6,11-14,19H,5,7-9H2,1-4H3/t11-,12-,13+,14-,16-,17-/m0/s1. The summed E-state index contributed by atoms with van der Waals surface area (Å²) in [6, 6.07) is 0. The summed E-state index contributed by atoms with van der Waals surface area (Å²) in [6.45, 7) is 8.55. The molecule has 1 heterocycles. The third-order valence-corrected chi connectivity index (χ3v) is 6.09. The Morgan fingerprint density at radius 3 is 2.90 bits per heavy atom. The Bertz CT molecular complexity index is 485. The van der Waals surface area contributed by atoms with E-state index in [2.05, 4.69) is 6.08 Å². The molecule has 118 valence electrons. The molecule has 0 amide bonds. The molecule has 3 aliphatic rings. The van der Waals surface area contributed by atoms with Gasteiger partial charge in [0, 0.05) is 18.4 Å². The summed E-state index contributed by atoms with van der Waals surface area (Å²) in [6.07, 6.45) is 4.08. The predicted molar refractivity (Wildman–Crippen MR) is 78.6 cm³/mol. The van der Waals surface area contributed by atoms with Crippen LogP contribution in [0.5, 0.6) is 0 Å². The van der Waals surface area contributed by atoms with Crippen LogP contribution in [0.25, 0.3) is 0 Å². The summed E-state index contributed by atoms with van der Waals surface area (Å²) in [5, 5.41) is 11.5. The van der Waals surface area contributed by atoms with Gasteiger partial charge in [0.2, 0.25) is 0 Å². The lowest BCUT2D eigenvalue weighted by atomic mass is 9.72. The van der Waals surface area contributed by atoms with Crippen molar-refractivity contribution in [1.82, 2.24) is 0 Å².